The fourth-order valence-electron chi connectivity index (χ4n) is 10.6. The molecule has 0 amide bonds. The molecule has 0 spiro atoms. The van der Waals surface area contributed by atoms with Crippen molar-refractivity contribution in [3.63, 3.8) is 0 Å². The number of unbranched alkanes of at least 4 members (excludes halogenated alkanes) is 32. The van der Waals surface area contributed by atoms with E-state index in [-0.39, 0.29) is 25.7 Å². The van der Waals surface area contributed by atoms with Crippen LogP contribution in [0.15, 0.2) is 0 Å². The Balaban J connectivity index is 5.27. The van der Waals surface area contributed by atoms with E-state index in [4.69, 9.17) is 37.0 Å². The lowest BCUT2D eigenvalue weighted by Gasteiger charge is -2.21. The van der Waals surface area contributed by atoms with E-state index in [0.29, 0.717) is 31.6 Å². The summed E-state index contributed by atoms with van der Waals surface area (Å²) in [5, 5.41) is 10.6. The van der Waals surface area contributed by atoms with E-state index in [1.54, 1.807) is 0 Å². The van der Waals surface area contributed by atoms with Crippen molar-refractivity contribution in [2.24, 2.45) is 23.7 Å². The fourth-order valence-corrected chi connectivity index (χ4v) is 12.2. The van der Waals surface area contributed by atoms with Gasteiger partial charge in [-0.1, -0.05) is 299 Å². The monoisotopic (exact) mass is 1320 g/mol. The van der Waals surface area contributed by atoms with Crippen LogP contribution < -0.4 is 0 Å². The molecule has 7 atom stereocenters. The zero-order valence-electron chi connectivity index (χ0n) is 58.8. The van der Waals surface area contributed by atoms with Crippen LogP contribution in [0.3, 0.4) is 0 Å². The summed E-state index contributed by atoms with van der Waals surface area (Å²) in [5.74, 6) is 0.926. The summed E-state index contributed by atoms with van der Waals surface area (Å²) in [6.07, 6.45) is 42.9. The Hall–Kier alpha value is -1.94. The van der Waals surface area contributed by atoms with E-state index in [1.807, 2.05) is 0 Å². The number of aliphatic hydroxyl groups is 1. The molecule has 0 aliphatic carbocycles. The second kappa shape index (κ2) is 60.7. The number of rotatable bonds is 68. The Morgan fingerprint density at radius 3 is 0.789 bits per heavy atom. The Kier molecular flexibility index (Phi) is 59.4. The van der Waals surface area contributed by atoms with E-state index in [0.717, 1.165) is 114 Å². The van der Waals surface area contributed by atoms with Gasteiger partial charge in [-0.2, -0.15) is 0 Å². The van der Waals surface area contributed by atoms with Crippen LogP contribution >= 0.6 is 15.6 Å². The van der Waals surface area contributed by atoms with Crippen molar-refractivity contribution >= 4 is 39.5 Å². The first-order valence-corrected chi connectivity index (χ1v) is 39.8. The maximum atomic E-state index is 13.0. The molecule has 17 nitrogen and oxygen atoms in total. The van der Waals surface area contributed by atoms with E-state index in [9.17, 15) is 43.2 Å². The van der Waals surface area contributed by atoms with E-state index < -0.39 is 97.5 Å². The van der Waals surface area contributed by atoms with Gasteiger partial charge in [-0.15, -0.1) is 0 Å². The van der Waals surface area contributed by atoms with Crippen LogP contribution in [0.5, 0.6) is 0 Å². The fraction of sp³-hybridized carbons (Fsp3) is 0.944. The maximum absolute atomic E-state index is 13.0. The van der Waals surface area contributed by atoms with E-state index in [1.165, 1.54) is 148 Å². The average Bonchev–Trinajstić information content (AvgIpc) is 3.64. The minimum absolute atomic E-state index is 0.105. The number of carbonyl (C=O) groups excluding carboxylic acids is 4. The summed E-state index contributed by atoms with van der Waals surface area (Å²) in [5.41, 5.74) is 0. The van der Waals surface area contributed by atoms with Crippen molar-refractivity contribution in [3.05, 3.63) is 0 Å². The average molecular weight is 1330 g/mol. The molecule has 0 fully saturated rings. The number of carbonyl (C=O) groups is 4. The molecular formula is C71H138O17P2. The second-order valence-corrected chi connectivity index (χ2v) is 30.0. The van der Waals surface area contributed by atoms with Gasteiger partial charge in [0.2, 0.25) is 0 Å². The first-order valence-electron chi connectivity index (χ1n) is 36.8. The van der Waals surface area contributed by atoms with Crippen molar-refractivity contribution in [1.29, 1.82) is 0 Å². The van der Waals surface area contributed by atoms with Gasteiger partial charge < -0.3 is 33.8 Å². The summed E-state index contributed by atoms with van der Waals surface area (Å²) in [7, 11) is -9.91. The summed E-state index contributed by atoms with van der Waals surface area (Å²) >= 11 is 0. The van der Waals surface area contributed by atoms with Gasteiger partial charge in [-0.05, 0) is 49.4 Å². The third kappa shape index (κ3) is 62.2. The molecule has 0 saturated carbocycles. The van der Waals surface area contributed by atoms with Gasteiger partial charge in [-0.3, -0.25) is 37.3 Å². The van der Waals surface area contributed by atoms with Crippen molar-refractivity contribution in [3.8, 4) is 0 Å². The summed E-state index contributed by atoms with van der Waals surface area (Å²) < 4.78 is 68.3. The number of aliphatic hydroxyl groups excluding tert-OH is 1. The molecular weight excluding hydrogens is 1190 g/mol. The maximum Gasteiger partial charge on any atom is 0.472 e. The number of phosphoric acid groups is 2. The Bertz CT molecular complexity index is 1790. The van der Waals surface area contributed by atoms with Gasteiger partial charge in [0.1, 0.15) is 19.3 Å². The van der Waals surface area contributed by atoms with Crippen molar-refractivity contribution in [2.45, 2.75) is 369 Å². The smallest absolute Gasteiger partial charge is 0.462 e. The molecule has 90 heavy (non-hydrogen) atoms. The minimum atomic E-state index is -4.95. The van der Waals surface area contributed by atoms with Gasteiger partial charge in [0.25, 0.3) is 0 Å². The van der Waals surface area contributed by atoms with Crippen LogP contribution in [0.2, 0.25) is 0 Å². The van der Waals surface area contributed by atoms with Gasteiger partial charge in [-0.25, -0.2) is 9.13 Å². The largest absolute Gasteiger partial charge is 0.472 e. The van der Waals surface area contributed by atoms with Crippen molar-refractivity contribution < 1.29 is 80.2 Å². The second-order valence-electron chi connectivity index (χ2n) is 27.1. The third-order valence-corrected chi connectivity index (χ3v) is 18.9. The topological polar surface area (TPSA) is 237 Å². The van der Waals surface area contributed by atoms with Crippen LogP contribution in [0.4, 0.5) is 0 Å². The minimum Gasteiger partial charge on any atom is -0.462 e. The number of ether oxygens (including phenoxy) is 4. The van der Waals surface area contributed by atoms with Crippen LogP contribution in [0, 0.1) is 23.7 Å². The molecule has 3 N–H and O–H groups in total. The van der Waals surface area contributed by atoms with Crippen molar-refractivity contribution in [2.75, 3.05) is 39.6 Å². The van der Waals surface area contributed by atoms with Crippen LogP contribution in [0.25, 0.3) is 0 Å². The molecule has 0 radical (unpaired) electrons. The zero-order valence-corrected chi connectivity index (χ0v) is 60.6. The highest BCUT2D eigenvalue weighted by molar-refractivity contribution is 7.47. The third-order valence-electron chi connectivity index (χ3n) is 17.0. The Labute approximate surface area is 549 Å². The molecule has 0 aliphatic heterocycles. The lowest BCUT2D eigenvalue weighted by molar-refractivity contribution is -0.161. The van der Waals surface area contributed by atoms with Crippen LogP contribution in [0.1, 0.15) is 351 Å². The Morgan fingerprint density at radius 2 is 0.533 bits per heavy atom. The standard InChI is InChI=1S/C71H138O17P2/c1-9-63(7)49-41-33-25-17-11-13-19-28-37-45-53-70(75)87-66(57-81-68(73)51-43-35-27-21-15-16-23-31-39-47-61(3)4)59-85-89(77,78)83-55-65(72)56-84-90(79,80)86-60-67(58-82-69(74)52-44-36-30-22-24-32-40-48-62(5)6)88-71(76)54-46-38-29-20-14-12-18-26-34-42-50-64(8)10-2/h61-67,72H,9-60H2,1-8H3,(H,77,78)(H,79,80)/t63?,64?,65?,66-,67-/m1/s1. The van der Waals surface area contributed by atoms with Gasteiger partial charge >= 0.3 is 39.5 Å². The molecule has 534 valence electrons. The first-order chi connectivity index (χ1) is 43.2. The lowest BCUT2D eigenvalue weighted by atomic mass is 9.99. The highest BCUT2D eigenvalue weighted by Crippen LogP contribution is 2.45. The van der Waals surface area contributed by atoms with Crippen LogP contribution in [-0.2, 0) is 65.4 Å². The molecule has 19 heteroatoms. The van der Waals surface area contributed by atoms with Gasteiger partial charge in [0.05, 0.1) is 26.4 Å². The van der Waals surface area contributed by atoms with E-state index in [2.05, 4.69) is 55.4 Å². The Morgan fingerprint density at radius 1 is 0.311 bits per heavy atom. The molecule has 0 bridgehead atoms. The lowest BCUT2D eigenvalue weighted by Crippen LogP contribution is -2.30. The number of phosphoric ester groups is 2. The molecule has 0 heterocycles. The molecule has 0 aliphatic rings. The molecule has 0 aromatic heterocycles. The number of esters is 4. The number of hydrogen-bond donors (Lipinski definition) is 3. The number of hydrogen-bond acceptors (Lipinski definition) is 15. The van der Waals surface area contributed by atoms with Crippen molar-refractivity contribution in [1.82, 2.24) is 0 Å². The van der Waals surface area contributed by atoms with Crippen LogP contribution in [-0.4, -0.2) is 96.7 Å². The highest BCUT2D eigenvalue weighted by Gasteiger charge is 2.30. The molecule has 0 rings (SSSR count). The normalized spacial score (nSPS) is 14.9. The molecule has 0 aromatic carbocycles. The summed E-state index contributed by atoms with van der Waals surface area (Å²) in [6.45, 7) is 14.1. The van der Waals surface area contributed by atoms with E-state index >= 15 is 0 Å². The summed E-state index contributed by atoms with van der Waals surface area (Å²) in [6, 6.07) is 0. The van der Waals surface area contributed by atoms with Gasteiger partial charge in [0.15, 0.2) is 12.2 Å². The zero-order chi connectivity index (χ0) is 66.8. The molecule has 0 aromatic rings. The first kappa shape index (κ1) is 88.1. The SMILES string of the molecule is CCC(C)CCCCCCCCCCCCC(=O)O[C@H](COC(=O)CCCCCCCCCCCC(C)C)COP(=O)(O)OCC(O)COP(=O)(O)OC[C@@H](COC(=O)CCCCCCCCCC(C)C)OC(=O)CCCCCCCCCCCCC(C)CC. The quantitative estimate of drug-likeness (QED) is 0.0222. The molecule has 5 unspecified atom stereocenters. The summed E-state index contributed by atoms with van der Waals surface area (Å²) in [4.78, 5) is 72.6. The van der Waals surface area contributed by atoms with Gasteiger partial charge in [0, 0.05) is 25.7 Å². The predicted octanol–water partition coefficient (Wildman–Crippen LogP) is 20.1. The molecule has 0 saturated heterocycles. The highest BCUT2D eigenvalue weighted by atomic mass is 31.2. The predicted molar refractivity (Wildman–Crippen MR) is 363 cm³/mol.